The van der Waals surface area contributed by atoms with Crippen molar-refractivity contribution in [1.82, 2.24) is 0 Å². The number of esters is 1. The predicted molar refractivity (Wildman–Crippen MR) is 97.3 cm³/mol. The highest BCUT2D eigenvalue weighted by atomic mass is 32.2. The van der Waals surface area contributed by atoms with Crippen LogP contribution in [0.25, 0.3) is 0 Å². The lowest BCUT2D eigenvalue weighted by Gasteiger charge is -2.11. The van der Waals surface area contributed by atoms with Crippen LogP contribution >= 0.6 is 0 Å². The minimum absolute atomic E-state index is 0.0931. The van der Waals surface area contributed by atoms with Gasteiger partial charge >= 0.3 is 5.97 Å². The summed E-state index contributed by atoms with van der Waals surface area (Å²) in [7, 11) is -0.0883. The van der Waals surface area contributed by atoms with Crippen LogP contribution in [0.1, 0.15) is 10.4 Å². The fourth-order valence-electron chi connectivity index (χ4n) is 2.18. The number of carbonyl (C=O) groups is 2. The number of nitrogens with one attached hydrogen (secondary N) is 1. The molecule has 0 aliphatic heterocycles. The van der Waals surface area contributed by atoms with E-state index < -0.39 is 34.2 Å². The molecular formula is C17H16N2O7S. The lowest BCUT2D eigenvalue weighted by molar-refractivity contribution is -0.384. The predicted octanol–water partition coefficient (Wildman–Crippen LogP) is 2.14. The summed E-state index contributed by atoms with van der Waals surface area (Å²) in [6.45, 7) is -0.594. The fraction of sp³-hybridized carbons (Fsp3) is 0.176. The third kappa shape index (κ3) is 5.11. The van der Waals surface area contributed by atoms with Crippen LogP contribution in [0.15, 0.2) is 47.4 Å². The van der Waals surface area contributed by atoms with E-state index in [0.717, 1.165) is 6.07 Å². The third-order valence-corrected chi connectivity index (χ3v) is 4.40. The van der Waals surface area contributed by atoms with Crippen molar-refractivity contribution in [2.75, 3.05) is 25.3 Å². The summed E-state index contributed by atoms with van der Waals surface area (Å²) in [4.78, 5) is 34.6. The molecule has 142 valence electrons. The van der Waals surface area contributed by atoms with Crippen molar-refractivity contribution in [2.24, 2.45) is 0 Å². The number of non-ortho nitro benzene ring substituents is 1. The van der Waals surface area contributed by atoms with Gasteiger partial charge in [0, 0.05) is 12.3 Å². The average molecular weight is 392 g/mol. The van der Waals surface area contributed by atoms with Crippen LogP contribution in [0.4, 0.5) is 11.4 Å². The minimum Gasteiger partial charge on any atom is -0.494 e. The molecule has 9 nitrogen and oxygen atoms in total. The van der Waals surface area contributed by atoms with E-state index in [4.69, 9.17) is 9.47 Å². The molecule has 0 fully saturated rings. The first-order valence-electron chi connectivity index (χ1n) is 7.55. The second kappa shape index (κ2) is 8.90. The van der Waals surface area contributed by atoms with E-state index in [-0.39, 0.29) is 22.7 Å². The number of rotatable bonds is 7. The Morgan fingerprint density at radius 2 is 1.93 bits per heavy atom. The van der Waals surface area contributed by atoms with Crippen molar-refractivity contribution in [1.29, 1.82) is 0 Å². The second-order valence-corrected chi connectivity index (χ2v) is 6.56. The van der Waals surface area contributed by atoms with Crippen molar-refractivity contribution in [3.8, 4) is 5.75 Å². The monoisotopic (exact) mass is 392 g/mol. The van der Waals surface area contributed by atoms with Crippen LogP contribution in [-0.2, 0) is 20.3 Å². The quantitative estimate of drug-likeness (QED) is 0.435. The van der Waals surface area contributed by atoms with Gasteiger partial charge in [0.2, 0.25) is 0 Å². The van der Waals surface area contributed by atoms with E-state index in [1.807, 2.05) is 0 Å². The van der Waals surface area contributed by atoms with Crippen molar-refractivity contribution < 1.29 is 28.2 Å². The third-order valence-electron chi connectivity index (χ3n) is 3.42. The van der Waals surface area contributed by atoms with E-state index in [1.54, 1.807) is 12.1 Å². The second-order valence-electron chi connectivity index (χ2n) is 5.22. The topological polar surface area (TPSA) is 125 Å². The number of ether oxygens (including phenoxy) is 2. The van der Waals surface area contributed by atoms with Crippen LogP contribution in [0, 0.1) is 10.1 Å². The minimum atomic E-state index is -1.39. The highest BCUT2D eigenvalue weighted by Gasteiger charge is 2.17. The van der Waals surface area contributed by atoms with Crippen LogP contribution in [0.3, 0.4) is 0 Å². The largest absolute Gasteiger partial charge is 0.494 e. The standard InChI is InChI=1S/C17H16N2O7S/c1-25-14-9-11(19(22)23)7-8-13(14)18-16(20)10-26-17(21)12-5-3-4-6-15(12)27(2)24/h3-9H,10H2,1-2H3,(H,18,20)/t27-/m0/s1. The maximum absolute atomic E-state index is 12.1. The Morgan fingerprint density at radius 1 is 1.22 bits per heavy atom. The zero-order valence-electron chi connectivity index (χ0n) is 14.5. The smallest absolute Gasteiger partial charge is 0.339 e. The lowest BCUT2D eigenvalue weighted by atomic mass is 10.2. The first kappa shape index (κ1) is 20.0. The van der Waals surface area contributed by atoms with Crippen LogP contribution in [-0.4, -0.2) is 41.0 Å². The molecule has 2 rings (SSSR count). The SMILES string of the molecule is COc1cc([N+](=O)[O-])ccc1NC(=O)COC(=O)c1ccccc1[S@](C)=O. The summed E-state index contributed by atoms with van der Waals surface area (Å²) in [5.74, 6) is -1.35. The number of nitro benzene ring substituents is 1. The molecule has 10 heteroatoms. The number of benzene rings is 2. The average Bonchev–Trinajstić information content (AvgIpc) is 2.66. The van der Waals surface area contributed by atoms with E-state index in [1.165, 1.54) is 37.6 Å². The molecule has 0 aliphatic rings. The summed E-state index contributed by atoms with van der Waals surface area (Å²) in [6.07, 6.45) is 1.43. The summed E-state index contributed by atoms with van der Waals surface area (Å²) in [6, 6.07) is 9.90. The molecular weight excluding hydrogens is 376 g/mol. The van der Waals surface area contributed by atoms with Gasteiger partial charge in [0.05, 0.1) is 45.0 Å². The van der Waals surface area contributed by atoms with Gasteiger partial charge in [0.1, 0.15) is 5.75 Å². The number of hydrogen-bond donors (Lipinski definition) is 1. The van der Waals surface area contributed by atoms with Crippen molar-refractivity contribution in [3.63, 3.8) is 0 Å². The zero-order valence-corrected chi connectivity index (χ0v) is 15.3. The van der Waals surface area contributed by atoms with Gasteiger partial charge in [0.15, 0.2) is 6.61 Å². The van der Waals surface area contributed by atoms with E-state index in [9.17, 15) is 23.9 Å². The van der Waals surface area contributed by atoms with Crippen LogP contribution in [0.5, 0.6) is 5.75 Å². The highest BCUT2D eigenvalue weighted by molar-refractivity contribution is 7.84. The van der Waals surface area contributed by atoms with Crippen molar-refractivity contribution in [2.45, 2.75) is 4.90 Å². The molecule has 0 heterocycles. The molecule has 0 saturated heterocycles. The molecule has 0 saturated carbocycles. The van der Waals surface area contributed by atoms with Gasteiger partial charge in [-0.15, -0.1) is 0 Å². The van der Waals surface area contributed by atoms with Gasteiger partial charge in [-0.1, -0.05) is 12.1 Å². The lowest BCUT2D eigenvalue weighted by Crippen LogP contribution is -2.21. The van der Waals surface area contributed by atoms with E-state index >= 15 is 0 Å². The molecule has 0 aromatic heterocycles. The van der Waals surface area contributed by atoms with Gasteiger partial charge in [0.25, 0.3) is 11.6 Å². The molecule has 27 heavy (non-hydrogen) atoms. The molecule has 1 N–H and O–H groups in total. The Morgan fingerprint density at radius 3 is 2.56 bits per heavy atom. The molecule has 1 atom stereocenters. The maximum atomic E-state index is 12.1. The van der Waals surface area contributed by atoms with Gasteiger partial charge in [-0.05, 0) is 18.2 Å². The fourth-order valence-corrected chi connectivity index (χ4v) is 2.91. The van der Waals surface area contributed by atoms with Gasteiger partial charge in [-0.3, -0.25) is 19.1 Å². The van der Waals surface area contributed by atoms with E-state index in [0.29, 0.717) is 4.90 Å². The summed E-state index contributed by atoms with van der Waals surface area (Å²) in [5.41, 5.74) is 0.110. The van der Waals surface area contributed by atoms with Gasteiger partial charge < -0.3 is 14.8 Å². The molecule has 2 aromatic carbocycles. The first-order chi connectivity index (χ1) is 12.8. The van der Waals surface area contributed by atoms with E-state index in [2.05, 4.69) is 5.32 Å². The van der Waals surface area contributed by atoms with Gasteiger partial charge in [-0.2, -0.15) is 0 Å². The summed E-state index contributed by atoms with van der Waals surface area (Å²) < 4.78 is 21.6. The Balaban J connectivity index is 2.04. The molecule has 0 unspecified atom stereocenters. The number of nitro groups is 1. The number of nitrogens with zero attached hydrogens (tertiary/aromatic N) is 1. The first-order valence-corrected chi connectivity index (χ1v) is 9.11. The molecule has 1 amide bonds. The maximum Gasteiger partial charge on any atom is 0.339 e. The molecule has 0 aliphatic carbocycles. The Bertz CT molecular complexity index is 914. The Hall–Kier alpha value is -3.27. The highest BCUT2D eigenvalue weighted by Crippen LogP contribution is 2.28. The molecule has 0 bridgehead atoms. The number of amides is 1. The zero-order chi connectivity index (χ0) is 20.0. The van der Waals surface area contributed by atoms with Crippen LogP contribution < -0.4 is 10.1 Å². The molecule has 0 spiro atoms. The Kier molecular flexibility index (Phi) is 6.61. The van der Waals surface area contributed by atoms with Crippen molar-refractivity contribution in [3.05, 3.63) is 58.1 Å². The number of methoxy groups -OCH3 is 1. The van der Waals surface area contributed by atoms with Crippen molar-refractivity contribution >= 4 is 34.1 Å². The summed E-state index contributed by atoms with van der Waals surface area (Å²) >= 11 is 0. The summed E-state index contributed by atoms with van der Waals surface area (Å²) in [5, 5.41) is 13.2. The molecule has 2 aromatic rings. The van der Waals surface area contributed by atoms with Gasteiger partial charge in [-0.25, -0.2) is 4.79 Å². The number of anilines is 1. The van der Waals surface area contributed by atoms with Crippen LogP contribution in [0.2, 0.25) is 0 Å². The number of hydrogen-bond acceptors (Lipinski definition) is 7. The molecule has 0 radical (unpaired) electrons. The normalized spacial score (nSPS) is 11.3. The number of carbonyl (C=O) groups excluding carboxylic acids is 2. The Labute approximate surface area is 156 Å².